The second-order valence-corrected chi connectivity index (χ2v) is 4.67. The van der Waals surface area contributed by atoms with Gasteiger partial charge in [-0.15, -0.1) is 11.6 Å². The van der Waals surface area contributed by atoms with E-state index in [4.69, 9.17) is 16.3 Å². The summed E-state index contributed by atoms with van der Waals surface area (Å²) < 4.78 is 5.25. The molecular formula is C11H22ClNO2. The molecule has 0 aliphatic heterocycles. The quantitative estimate of drug-likeness (QED) is 0.661. The van der Waals surface area contributed by atoms with Gasteiger partial charge in [0.05, 0.1) is 5.60 Å². The number of hydrogen-bond acceptors (Lipinski definition) is 2. The molecule has 0 spiro atoms. The Morgan fingerprint density at radius 1 is 1.40 bits per heavy atom. The first-order valence-electron chi connectivity index (χ1n) is 5.36. The molecule has 0 heterocycles. The predicted octanol–water partition coefficient (Wildman–Crippen LogP) is 2.28. The summed E-state index contributed by atoms with van der Waals surface area (Å²) in [7, 11) is 1.63. The lowest BCUT2D eigenvalue weighted by atomic mass is 10.0. The maximum Gasteiger partial charge on any atom is 0.240 e. The molecular weight excluding hydrogens is 214 g/mol. The minimum absolute atomic E-state index is 0.00760. The number of methoxy groups -OCH3 is 1. The van der Waals surface area contributed by atoms with E-state index in [0.717, 1.165) is 0 Å². The summed E-state index contributed by atoms with van der Waals surface area (Å²) in [5.74, 6) is -0.00760. The van der Waals surface area contributed by atoms with Gasteiger partial charge in [0.15, 0.2) is 0 Å². The van der Waals surface area contributed by atoms with Crippen molar-refractivity contribution < 1.29 is 9.53 Å². The minimum atomic E-state index is -0.500. The molecule has 0 saturated heterocycles. The summed E-state index contributed by atoms with van der Waals surface area (Å²) in [6.45, 7) is 9.16. The van der Waals surface area contributed by atoms with E-state index in [2.05, 4.69) is 0 Å². The van der Waals surface area contributed by atoms with Gasteiger partial charge in [-0.3, -0.25) is 4.79 Å². The van der Waals surface area contributed by atoms with Crippen molar-refractivity contribution in [3.8, 4) is 0 Å². The predicted molar refractivity (Wildman–Crippen MR) is 63.3 cm³/mol. The van der Waals surface area contributed by atoms with Gasteiger partial charge in [0.25, 0.3) is 0 Å². The number of carbonyl (C=O) groups is 1. The van der Waals surface area contributed by atoms with Gasteiger partial charge in [0.1, 0.15) is 5.38 Å². The average molecular weight is 236 g/mol. The maximum absolute atomic E-state index is 11.8. The summed E-state index contributed by atoms with van der Waals surface area (Å²) in [5.41, 5.74) is -0.352. The molecule has 0 rings (SSSR count). The maximum atomic E-state index is 11.8. The number of ether oxygens (including phenoxy) is 1. The van der Waals surface area contributed by atoms with Crippen LogP contribution < -0.4 is 0 Å². The molecule has 0 aromatic rings. The Balaban J connectivity index is 4.32. The molecule has 0 bridgehead atoms. The summed E-state index contributed by atoms with van der Waals surface area (Å²) in [6, 6.07) is 0. The fourth-order valence-electron chi connectivity index (χ4n) is 1.34. The number of carbonyl (C=O) groups excluding carboxylic acids is 1. The second kappa shape index (κ2) is 6.33. The Labute approximate surface area is 97.7 Å². The third-order valence-corrected chi connectivity index (χ3v) is 2.91. The fraction of sp³-hybridized carbons (Fsp3) is 0.909. The van der Waals surface area contributed by atoms with Gasteiger partial charge in [-0.2, -0.15) is 0 Å². The van der Waals surface area contributed by atoms with Crippen molar-refractivity contribution in [3.05, 3.63) is 0 Å². The highest BCUT2D eigenvalue weighted by atomic mass is 35.5. The second-order valence-electron chi connectivity index (χ2n) is 4.15. The van der Waals surface area contributed by atoms with Crippen LogP contribution in [0, 0.1) is 0 Å². The van der Waals surface area contributed by atoms with Gasteiger partial charge in [0.2, 0.25) is 5.91 Å². The first-order valence-corrected chi connectivity index (χ1v) is 5.79. The largest absolute Gasteiger partial charge is 0.379 e. The molecule has 4 heteroatoms. The molecule has 0 N–H and O–H groups in total. The van der Waals surface area contributed by atoms with E-state index in [1.165, 1.54) is 0 Å². The Hall–Kier alpha value is -0.280. The Morgan fingerprint density at radius 3 is 2.20 bits per heavy atom. The van der Waals surface area contributed by atoms with E-state index < -0.39 is 5.38 Å². The smallest absolute Gasteiger partial charge is 0.240 e. The van der Waals surface area contributed by atoms with E-state index in [0.29, 0.717) is 19.5 Å². The molecule has 0 radical (unpaired) electrons. The zero-order chi connectivity index (χ0) is 12.1. The summed E-state index contributed by atoms with van der Waals surface area (Å²) in [6.07, 6.45) is 0.528. The fourth-order valence-corrected chi connectivity index (χ4v) is 1.85. The molecule has 0 aromatic heterocycles. The van der Waals surface area contributed by atoms with Gasteiger partial charge >= 0.3 is 0 Å². The van der Waals surface area contributed by atoms with Crippen molar-refractivity contribution >= 4 is 17.5 Å². The van der Waals surface area contributed by atoms with E-state index in [1.54, 1.807) is 12.0 Å². The van der Waals surface area contributed by atoms with Crippen LogP contribution in [0.3, 0.4) is 0 Å². The van der Waals surface area contributed by atoms with Crippen LogP contribution in [-0.2, 0) is 9.53 Å². The van der Waals surface area contributed by atoms with Gasteiger partial charge in [-0.25, -0.2) is 0 Å². The van der Waals surface area contributed by atoms with Crippen LogP contribution >= 0.6 is 11.6 Å². The van der Waals surface area contributed by atoms with E-state index in [-0.39, 0.29) is 11.5 Å². The molecule has 1 amide bonds. The van der Waals surface area contributed by atoms with Crippen molar-refractivity contribution in [2.45, 2.75) is 45.1 Å². The first kappa shape index (κ1) is 14.7. The number of rotatable bonds is 6. The molecule has 1 unspecified atom stereocenters. The Bertz CT molecular complexity index is 203. The minimum Gasteiger partial charge on any atom is -0.379 e. The molecule has 3 nitrogen and oxygen atoms in total. The third-order valence-electron chi connectivity index (χ3n) is 2.57. The van der Waals surface area contributed by atoms with E-state index in [1.807, 2.05) is 27.7 Å². The summed E-state index contributed by atoms with van der Waals surface area (Å²) >= 11 is 6.08. The zero-order valence-corrected chi connectivity index (χ0v) is 11.1. The third kappa shape index (κ3) is 4.85. The summed E-state index contributed by atoms with van der Waals surface area (Å²) in [4.78, 5) is 13.6. The van der Waals surface area contributed by atoms with Gasteiger partial charge < -0.3 is 9.64 Å². The lowest BCUT2D eigenvalue weighted by molar-refractivity contribution is -0.131. The van der Waals surface area contributed by atoms with Crippen LogP contribution in [-0.4, -0.2) is 42.0 Å². The molecule has 0 fully saturated rings. The van der Waals surface area contributed by atoms with Crippen LogP contribution in [0.25, 0.3) is 0 Å². The first-order chi connectivity index (χ1) is 6.87. The summed E-state index contributed by atoms with van der Waals surface area (Å²) in [5, 5.41) is -0.500. The molecule has 0 aliphatic carbocycles. The van der Waals surface area contributed by atoms with Crippen molar-refractivity contribution in [3.63, 3.8) is 0 Å². The Kier molecular flexibility index (Phi) is 6.22. The van der Waals surface area contributed by atoms with Crippen molar-refractivity contribution in [1.29, 1.82) is 0 Å². The SMILES string of the molecule is CCN(CC)C(=O)C(Cl)CC(C)(C)OC. The molecule has 15 heavy (non-hydrogen) atoms. The zero-order valence-electron chi connectivity index (χ0n) is 10.3. The lowest BCUT2D eigenvalue weighted by Crippen LogP contribution is -2.40. The highest BCUT2D eigenvalue weighted by molar-refractivity contribution is 6.30. The van der Waals surface area contributed by atoms with Crippen molar-refractivity contribution in [2.24, 2.45) is 0 Å². The Morgan fingerprint density at radius 2 is 1.87 bits per heavy atom. The van der Waals surface area contributed by atoms with E-state index >= 15 is 0 Å². The lowest BCUT2D eigenvalue weighted by Gasteiger charge is -2.28. The highest BCUT2D eigenvalue weighted by Gasteiger charge is 2.28. The highest BCUT2D eigenvalue weighted by Crippen LogP contribution is 2.20. The number of alkyl halides is 1. The van der Waals surface area contributed by atoms with Gasteiger partial charge in [0, 0.05) is 26.6 Å². The monoisotopic (exact) mass is 235 g/mol. The molecule has 0 saturated carbocycles. The van der Waals surface area contributed by atoms with Crippen LogP contribution in [0.2, 0.25) is 0 Å². The standard InChI is InChI=1S/C11H22ClNO2/c1-6-13(7-2)10(14)9(12)8-11(3,4)15-5/h9H,6-8H2,1-5H3. The number of nitrogens with zero attached hydrogens (tertiary/aromatic N) is 1. The van der Waals surface area contributed by atoms with Gasteiger partial charge in [-0.1, -0.05) is 0 Å². The van der Waals surface area contributed by atoms with Gasteiger partial charge in [-0.05, 0) is 27.7 Å². The molecule has 0 aromatic carbocycles. The van der Waals surface area contributed by atoms with Crippen molar-refractivity contribution in [2.75, 3.05) is 20.2 Å². The average Bonchev–Trinajstić information content (AvgIpc) is 2.19. The van der Waals surface area contributed by atoms with Crippen LogP contribution in [0.1, 0.15) is 34.1 Å². The van der Waals surface area contributed by atoms with E-state index in [9.17, 15) is 4.79 Å². The molecule has 1 atom stereocenters. The number of hydrogen-bond donors (Lipinski definition) is 0. The van der Waals surface area contributed by atoms with Crippen molar-refractivity contribution in [1.82, 2.24) is 4.90 Å². The van der Waals surface area contributed by atoms with Crippen LogP contribution in [0.5, 0.6) is 0 Å². The molecule has 90 valence electrons. The normalized spacial score (nSPS) is 13.7. The van der Waals surface area contributed by atoms with Crippen LogP contribution in [0.4, 0.5) is 0 Å². The van der Waals surface area contributed by atoms with Crippen LogP contribution in [0.15, 0.2) is 0 Å². The number of halogens is 1. The molecule has 0 aliphatic rings. The topological polar surface area (TPSA) is 29.5 Å². The number of amides is 1.